The minimum Gasteiger partial charge on any atom is -0.497 e. The first-order chi connectivity index (χ1) is 14.5. The fourth-order valence-corrected chi connectivity index (χ4v) is 3.53. The predicted octanol–water partition coefficient (Wildman–Crippen LogP) is 2.29. The molecular formula is C22H22N4O4. The van der Waals surface area contributed by atoms with Crippen molar-refractivity contribution in [3.8, 4) is 11.5 Å². The number of amides is 1. The summed E-state index contributed by atoms with van der Waals surface area (Å²) in [5.74, 6) is 1.74. The molecule has 154 valence electrons. The van der Waals surface area contributed by atoms with Crippen LogP contribution in [-0.2, 0) is 17.9 Å². The Bertz CT molecular complexity index is 1290. The number of nitrogens with zero attached hydrogens (tertiary/aromatic N) is 3. The molecule has 0 aliphatic heterocycles. The lowest BCUT2D eigenvalue weighted by atomic mass is 10.2. The quantitative estimate of drug-likeness (QED) is 0.531. The number of carbonyl (C=O) groups is 1. The number of carbonyl (C=O) groups excluding carboxylic acids is 1. The van der Waals surface area contributed by atoms with Crippen LogP contribution in [0.4, 0.5) is 0 Å². The number of hydrogen-bond donors (Lipinski definition) is 1. The maximum atomic E-state index is 13.0. The molecule has 2 heterocycles. The molecule has 0 unspecified atom stereocenters. The van der Waals surface area contributed by atoms with Gasteiger partial charge in [-0.2, -0.15) is 5.10 Å². The van der Waals surface area contributed by atoms with Crippen molar-refractivity contribution < 1.29 is 14.3 Å². The molecule has 8 heteroatoms. The monoisotopic (exact) mass is 406 g/mol. The second-order valence-corrected chi connectivity index (χ2v) is 6.89. The lowest BCUT2D eigenvalue weighted by Crippen LogP contribution is -2.34. The molecule has 0 aliphatic rings. The van der Waals surface area contributed by atoms with E-state index in [9.17, 15) is 9.59 Å². The fraction of sp³-hybridized carbons (Fsp3) is 0.227. The maximum absolute atomic E-state index is 13.0. The Morgan fingerprint density at radius 1 is 1.07 bits per heavy atom. The molecule has 2 aromatic heterocycles. The third-order valence-electron chi connectivity index (χ3n) is 5.01. The molecule has 8 nitrogen and oxygen atoms in total. The van der Waals surface area contributed by atoms with Gasteiger partial charge in [0.05, 0.1) is 19.7 Å². The molecule has 30 heavy (non-hydrogen) atoms. The molecule has 0 aliphatic carbocycles. The van der Waals surface area contributed by atoms with E-state index in [-0.39, 0.29) is 18.0 Å². The minimum atomic E-state index is -0.335. The van der Waals surface area contributed by atoms with Crippen molar-refractivity contribution in [1.82, 2.24) is 19.5 Å². The van der Waals surface area contributed by atoms with Crippen molar-refractivity contribution in [3.63, 3.8) is 0 Å². The molecule has 0 radical (unpaired) electrons. The van der Waals surface area contributed by atoms with Crippen LogP contribution in [0.3, 0.4) is 0 Å². The summed E-state index contributed by atoms with van der Waals surface area (Å²) in [7, 11) is 3.19. The van der Waals surface area contributed by atoms with Gasteiger partial charge in [-0.05, 0) is 42.8 Å². The van der Waals surface area contributed by atoms with Crippen LogP contribution in [0.25, 0.3) is 16.4 Å². The van der Waals surface area contributed by atoms with Crippen molar-refractivity contribution in [2.45, 2.75) is 20.0 Å². The van der Waals surface area contributed by atoms with Crippen LogP contribution in [0, 0.1) is 6.92 Å². The first-order valence-electron chi connectivity index (χ1n) is 9.47. The zero-order valence-corrected chi connectivity index (χ0v) is 17.0. The van der Waals surface area contributed by atoms with E-state index >= 15 is 0 Å². The minimum absolute atomic E-state index is 0.162. The maximum Gasteiger partial charge on any atom is 0.291 e. The highest BCUT2D eigenvalue weighted by Crippen LogP contribution is 2.28. The molecule has 0 atom stereocenters. The van der Waals surface area contributed by atoms with E-state index in [1.807, 2.05) is 42.5 Å². The average molecular weight is 406 g/mol. The lowest BCUT2D eigenvalue weighted by Gasteiger charge is -2.10. The van der Waals surface area contributed by atoms with Gasteiger partial charge < -0.3 is 14.8 Å². The van der Waals surface area contributed by atoms with Crippen LogP contribution >= 0.6 is 0 Å². The van der Waals surface area contributed by atoms with Gasteiger partial charge in [0.1, 0.15) is 29.4 Å². The third-order valence-corrected chi connectivity index (χ3v) is 5.01. The standard InChI is InChI=1S/C22H22N4O4/c1-14-24-25(13-21(27)23-12-15-7-9-16(29-2)10-8-15)22(28)19-11-17-18(26(14)19)5-4-6-20(17)30-3/h4-11H,12-13H2,1-3H3,(H,23,27). The van der Waals surface area contributed by atoms with Crippen molar-refractivity contribution >= 4 is 22.3 Å². The van der Waals surface area contributed by atoms with E-state index in [0.29, 0.717) is 23.6 Å². The number of methoxy groups -OCH3 is 2. The van der Waals surface area contributed by atoms with E-state index in [1.165, 1.54) is 4.68 Å². The number of rotatable bonds is 6. The molecule has 2 aromatic carbocycles. The summed E-state index contributed by atoms with van der Waals surface area (Å²) in [5, 5.41) is 7.99. The van der Waals surface area contributed by atoms with Crippen LogP contribution < -0.4 is 20.3 Å². The number of aromatic nitrogens is 3. The number of benzene rings is 2. The van der Waals surface area contributed by atoms with E-state index in [1.54, 1.807) is 31.6 Å². The van der Waals surface area contributed by atoms with Crippen LogP contribution in [-0.4, -0.2) is 34.3 Å². The highest BCUT2D eigenvalue weighted by molar-refractivity contribution is 5.92. The fourth-order valence-electron chi connectivity index (χ4n) is 3.53. The summed E-state index contributed by atoms with van der Waals surface area (Å²) in [6, 6.07) is 14.8. The molecule has 0 saturated heterocycles. The van der Waals surface area contributed by atoms with Crippen molar-refractivity contribution in [1.29, 1.82) is 0 Å². The Morgan fingerprint density at radius 3 is 2.53 bits per heavy atom. The molecule has 4 aromatic rings. The Morgan fingerprint density at radius 2 is 1.83 bits per heavy atom. The average Bonchev–Trinajstić information content (AvgIpc) is 3.16. The van der Waals surface area contributed by atoms with Crippen molar-refractivity contribution in [3.05, 3.63) is 70.3 Å². The number of aryl methyl sites for hydroxylation is 1. The highest BCUT2D eigenvalue weighted by atomic mass is 16.5. The molecule has 0 bridgehead atoms. The predicted molar refractivity (Wildman–Crippen MR) is 113 cm³/mol. The summed E-state index contributed by atoms with van der Waals surface area (Å²) in [5.41, 5.74) is 1.88. The van der Waals surface area contributed by atoms with Gasteiger partial charge >= 0.3 is 0 Å². The van der Waals surface area contributed by atoms with Crippen molar-refractivity contribution in [2.24, 2.45) is 0 Å². The SMILES string of the molecule is COc1ccc(CNC(=O)Cn2nc(C)n3c(cc4c(OC)cccc43)c2=O)cc1. The first kappa shape index (κ1) is 19.5. The van der Waals surface area contributed by atoms with E-state index in [4.69, 9.17) is 9.47 Å². The van der Waals surface area contributed by atoms with Crippen LogP contribution in [0.5, 0.6) is 11.5 Å². The second-order valence-electron chi connectivity index (χ2n) is 6.89. The molecule has 0 spiro atoms. The number of hydrogen-bond acceptors (Lipinski definition) is 5. The first-order valence-corrected chi connectivity index (χ1v) is 9.47. The third kappa shape index (κ3) is 3.47. The van der Waals surface area contributed by atoms with E-state index in [2.05, 4.69) is 10.4 Å². The highest BCUT2D eigenvalue weighted by Gasteiger charge is 2.16. The number of ether oxygens (including phenoxy) is 2. The zero-order chi connectivity index (χ0) is 21.3. The Balaban J connectivity index is 1.59. The molecule has 0 saturated carbocycles. The Labute approximate surface area is 172 Å². The van der Waals surface area contributed by atoms with Crippen LogP contribution in [0.2, 0.25) is 0 Å². The molecule has 4 rings (SSSR count). The topological polar surface area (TPSA) is 86.9 Å². The van der Waals surface area contributed by atoms with E-state index in [0.717, 1.165) is 22.2 Å². The lowest BCUT2D eigenvalue weighted by molar-refractivity contribution is -0.122. The Kier molecular flexibility index (Phi) is 5.14. The molecule has 1 N–H and O–H groups in total. The summed E-state index contributed by atoms with van der Waals surface area (Å²) >= 11 is 0. The van der Waals surface area contributed by atoms with Gasteiger partial charge in [0, 0.05) is 11.9 Å². The number of nitrogens with one attached hydrogen (secondary N) is 1. The van der Waals surface area contributed by atoms with Gasteiger partial charge in [0.15, 0.2) is 0 Å². The normalized spacial score (nSPS) is 11.0. The van der Waals surface area contributed by atoms with Crippen LogP contribution in [0.1, 0.15) is 11.4 Å². The van der Waals surface area contributed by atoms with Gasteiger partial charge in [-0.25, -0.2) is 4.68 Å². The largest absolute Gasteiger partial charge is 0.497 e. The zero-order valence-electron chi connectivity index (χ0n) is 17.0. The summed E-state index contributed by atoms with van der Waals surface area (Å²) in [6.45, 7) is 1.99. The van der Waals surface area contributed by atoms with Gasteiger partial charge in [0.25, 0.3) is 5.56 Å². The molecule has 1 amide bonds. The summed E-state index contributed by atoms with van der Waals surface area (Å²) in [6.07, 6.45) is 0. The molecular weight excluding hydrogens is 384 g/mol. The van der Waals surface area contributed by atoms with Crippen LogP contribution in [0.15, 0.2) is 53.3 Å². The van der Waals surface area contributed by atoms with Gasteiger partial charge in [-0.3, -0.25) is 14.0 Å². The van der Waals surface area contributed by atoms with Gasteiger partial charge in [-0.1, -0.05) is 18.2 Å². The summed E-state index contributed by atoms with van der Waals surface area (Å²) in [4.78, 5) is 25.4. The number of fused-ring (bicyclic) bond motifs is 3. The second kappa shape index (κ2) is 7.90. The van der Waals surface area contributed by atoms with E-state index < -0.39 is 0 Å². The Hall–Kier alpha value is -3.81. The smallest absolute Gasteiger partial charge is 0.291 e. The summed E-state index contributed by atoms with van der Waals surface area (Å²) < 4.78 is 13.5. The molecule has 0 fully saturated rings. The van der Waals surface area contributed by atoms with Gasteiger partial charge in [0.2, 0.25) is 5.91 Å². The van der Waals surface area contributed by atoms with Gasteiger partial charge in [-0.15, -0.1) is 0 Å². The van der Waals surface area contributed by atoms with Crippen molar-refractivity contribution in [2.75, 3.05) is 14.2 Å².